The number of rotatable bonds is 6. The lowest BCUT2D eigenvalue weighted by Gasteiger charge is -2.00. The first-order valence-electron chi connectivity index (χ1n) is 5.92. The van der Waals surface area contributed by atoms with Gasteiger partial charge in [-0.3, -0.25) is 4.79 Å². The highest BCUT2D eigenvalue weighted by Gasteiger charge is 2.10. The Balaban J connectivity index is 1.93. The second-order valence-corrected chi connectivity index (χ2v) is 4.16. The molecule has 0 aliphatic carbocycles. The molecule has 96 valence electrons. The summed E-state index contributed by atoms with van der Waals surface area (Å²) in [4.78, 5) is 20.2. The maximum absolute atomic E-state index is 11.9. The van der Waals surface area contributed by atoms with Crippen molar-refractivity contribution in [1.29, 1.82) is 0 Å². The molecule has 0 spiro atoms. The Kier molecular flexibility index (Phi) is 3.88. The Morgan fingerprint density at radius 1 is 1.44 bits per heavy atom. The van der Waals surface area contributed by atoms with Crippen LogP contribution in [-0.2, 0) is 20.0 Å². The molecule has 2 N–H and O–H groups in total. The fraction of sp³-hybridized carbons (Fsp3) is 0.417. The molecule has 0 aromatic carbocycles. The van der Waals surface area contributed by atoms with Crippen LogP contribution in [0.1, 0.15) is 22.7 Å². The van der Waals surface area contributed by atoms with Gasteiger partial charge in [-0.1, -0.05) is 0 Å². The number of aryl methyl sites for hydroxylation is 2. The summed E-state index contributed by atoms with van der Waals surface area (Å²) >= 11 is 0. The van der Waals surface area contributed by atoms with Gasteiger partial charge in [0, 0.05) is 51.6 Å². The molecule has 0 atom stereocenters. The van der Waals surface area contributed by atoms with Gasteiger partial charge in [0.1, 0.15) is 11.5 Å². The standard InChI is InChI=1S/C12H17N5O/c1-16-7-5-14-12(16)3-2-11(18)10-8-17(6-4-13)9-15-10/h5,7-9H,2-4,6,13H2,1H3. The molecule has 0 fully saturated rings. The molecule has 0 unspecified atom stereocenters. The lowest BCUT2D eigenvalue weighted by molar-refractivity contribution is 0.0977. The number of carbonyl (C=O) groups excluding carboxylic acids is 1. The number of hydrogen-bond acceptors (Lipinski definition) is 4. The van der Waals surface area contributed by atoms with E-state index in [2.05, 4.69) is 9.97 Å². The summed E-state index contributed by atoms with van der Waals surface area (Å²) in [5, 5.41) is 0. The average molecular weight is 247 g/mol. The zero-order valence-electron chi connectivity index (χ0n) is 10.4. The number of aromatic nitrogens is 4. The van der Waals surface area contributed by atoms with Gasteiger partial charge >= 0.3 is 0 Å². The van der Waals surface area contributed by atoms with Gasteiger partial charge in [0.25, 0.3) is 0 Å². The molecule has 6 heteroatoms. The normalized spacial score (nSPS) is 10.8. The first-order chi connectivity index (χ1) is 8.70. The van der Waals surface area contributed by atoms with Crippen LogP contribution in [0.25, 0.3) is 0 Å². The third-order valence-corrected chi connectivity index (χ3v) is 2.80. The molecule has 0 saturated carbocycles. The molecule has 0 amide bonds. The molecule has 0 aliphatic heterocycles. The van der Waals surface area contributed by atoms with Crippen molar-refractivity contribution in [2.75, 3.05) is 6.54 Å². The van der Waals surface area contributed by atoms with E-state index in [0.29, 0.717) is 31.6 Å². The van der Waals surface area contributed by atoms with Crippen LogP contribution in [0.2, 0.25) is 0 Å². The SMILES string of the molecule is Cn1ccnc1CCC(=O)c1cn(CCN)cn1. The van der Waals surface area contributed by atoms with E-state index in [0.717, 1.165) is 5.82 Å². The van der Waals surface area contributed by atoms with Crippen LogP contribution >= 0.6 is 0 Å². The van der Waals surface area contributed by atoms with Crippen molar-refractivity contribution < 1.29 is 4.79 Å². The molecule has 2 heterocycles. The molecule has 0 radical (unpaired) electrons. The first-order valence-corrected chi connectivity index (χ1v) is 5.92. The van der Waals surface area contributed by atoms with Crippen molar-refractivity contribution in [3.63, 3.8) is 0 Å². The van der Waals surface area contributed by atoms with Gasteiger partial charge in [-0.05, 0) is 0 Å². The van der Waals surface area contributed by atoms with Gasteiger partial charge in [-0.25, -0.2) is 9.97 Å². The van der Waals surface area contributed by atoms with Crippen molar-refractivity contribution in [2.45, 2.75) is 19.4 Å². The molecule has 18 heavy (non-hydrogen) atoms. The van der Waals surface area contributed by atoms with Crippen molar-refractivity contribution in [3.05, 3.63) is 36.4 Å². The molecule has 0 aliphatic rings. The number of Topliss-reactive ketones (excluding diaryl/α,β-unsaturated/α-hetero) is 1. The molecular weight excluding hydrogens is 230 g/mol. The Morgan fingerprint density at radius 2 is 2.28 bits per heavy atom. The zero-order valence-corrected chi connectivity index (χ0v) is 10.4. The van der Waals surface area contributed by atoms with Gasteiger partial charge in [0.2, 0.25) is 0 Å². The van der Waals surface area contributed by atoms with Gasteiger partial charge in [-0.2, -0.15) is 0 Å². The van der Waals surface area contributed by atoms with Crippen LogP contribution in [0, 0.1) is 0 Å². The van der Waals surface area contributed by atoms with Crippen LogP contribution in [0.3, 0.4) is 0 Å². The molecule has 0 bridgehead atoms. The Bertz CT molecular complexity index is 528. The second kappa shape index (κ2) is 5.59. The number of nitrogens with zero attached hydrogens (tertiary/aromatic N) is 4. The predicted molar refractivity (Wildman–Crippen MR) is 67.1 cm³/mol. The van der Waals surface area contributed by atoms with Gasteiger partial charge in [-0.15, -0.1) is 0 Å². The fourth-order valence-electron chi connectivity index (χ4n) is 1.77. The maximum Gasteiger partial charge on any atom is 0.183 e. The smallest absolute Gasteiger partial charge is 0.183 e. The van der Waals surface area contributed by atoms with Gasteiger partial charge in [0.05, 0.1) is 6.33 Å². The Hall–Kier alpha value is -1.95. The number of carbonyl (C=O) groups is 1. The highest BCUT2D eigenvalue weighted by atomic mass is 16.1. The highest BCUT2D eigenvalue weighted by Crippen LogP contribution is 2.05. The summed E-state index contributed by atoms with van der Waals surface area (Å²) in [5.41, 5.74) is 5.94. The number of hydrogen-bond donors (Lipinski definition) is 1. The van der Waals surface area contributed by atoms with Gasteiger partial charge < -0.3 is 14.9 Å². The third-order valence-electron chi connectivity index (χ3n) is 2.80. The zero-order chi connectivity index (χ0) is 13.0. The highest BCUT2D eigenvalue weighted by molar-refractivity contribution is 5.94. The van der Waals surface area contributed by atoms with Crippen molar-refractivity contribution in [1.82, 2.24) is 19.1 Å². The van der Waals surface area contributed by atoms with Crippen LogP contribution in [0.4, 0.5) is 0 Å². The molecule has 6 nitrogen and oxygen atoms in total. The van der Waals surface area contributed by atoms with Crippen LogP contribution < -0.4 is 5.73 Å². The van der Waals surface area contributed by atoms with Gasteiger partial charge in [0.15, 0.2) is 5.78 Å². The summed E-state index contributed by atoms with van der Waals surface area (Å²) < 4.78 is 3.74. The monoisotopic (exact) mass is 247 g/mol. The van der Waals surface area contributed by atoms with E-state index in [-0.39, 0.29) is 5.78 Å². The number of nitrogens with two attached hydrogens (primary N) is 1. The lowest BCUT2D eigenvalue weighted by atomic mass is 10.2. The summed E-state index contributed by atoms with van der Waals surface area (Å²) in [7, 11) is 1.92. The van der Waals surface area contributed by atoms with E-state index in [4.69, 9.17) is 5.73 Å². The topological polar surface area (TPSA) is 78.7 Å². The Labute approximate surface area is 105 Å². The summed E-state index contributed by atoms with van der Waals surface area (Å²) in [6.45, 7) is 1.22. The average Bonchev–Trinajstić information content (AvgIpc) is 2.96. The van der Waals surface area contributed by atoms with Crippen molar-refractivity contribution in [3.8, 4) is 0 Å². The van der Waals surface area contributed by atoms with Crippen LogP contribution in [-0.4, -0.2) is 31.4 Å². The summed E-state index contributed by atoms with van der Waals surface area (Å²) in [6.07, 6.45) is 8.04. The second-order valence-electron chi connectivity index (χ2n) is 4.16. The molecule has 2 aromatic rings. The predicted octanol–water partition coefficient (Wildman–Crippen LogP) is 0.391. The molecule has 2 aromatic heterocycles. The number of imidazole rings is 2. The van der Waals surface area contributed by atoms with E-state index in [9.17, 15) is 4.79 Å². The third kappa shape index (κ3) is 2.84. The van der Waals surface area contributed by atoms with Crippen molar-refractivity contribution >= 4 is 5.78 Å². The molecule has 2 rings (SSSR count). The lowest BCUT2D eigenvalue weighted by Crippen LogP contribution is -2.08. The fourth-order valence-corrected chi connectivity index (χ4v) is 1.77. The van der Waals surface area contributed by atoms with E-state index in [1.807, 2.05) is 22.4 Å². The molecule has 0 saturated heterocycles. The molecular formula is C12H17N5O. The van der Waals surface area contributed by atoms with Crippen LogP contribution in [0.15, 0.2) is 24.9 Å². The minimum absolute atomic E-state index is 0.0359. The summed E-state index contributed by atoms with van der Waals surface area (Å²) in [6, 6.07) is 0. The van der Waals surface area contributed by atoms with Crippen molar-refractivity contribution in [2.24, 2.45) is 12.8 Å². The minimum Gasteiger partial charge on any atom is -0.338 e. The van der Waals surface area contributed by atoms with E-state index < -0.39 is 0 Å². The summed E-state index contributed by atoms with van der Waals surface area (Å²) in [5.74, 6) is 0.943. The number of ketones is 1. The minimum atomic E-state index is 0.0359. The van der Waals surface area contributed by atoms with E-state index in [1.54, 1.807) is 18.7 Å². The van der Waals surface area contributed by atoms with E-state index in [1.165, 1.54) is 0 Å². The van der Waals surface area contributed by atoms with Crippen LogP contribution in [0.5, 0.6) is 0 Å². The first kappa shape index (κ1) is 12.5. The maximum atomic E-state index is 11.9. The largest absolute Gasteiger partial charge is 0.338 e. The quantitative estimate of drug-likeness (QED) is 0.749. The Morgan fingerprint density at radius 3 is 2.94 bits per heavy atom. The van der Waals surface area contributed by atoms with E-state index >= 15 is 0 Å².